The van der Waals surface area contributed by atoms with Gasteiger partial charge in [0.2, 0.25) is 10.0 Å². The number of carbonyl (C=O) groups is 1. The van der Waals surface area contributed by atoms with Crippen LogP contribution in [0.4, 0.5) is 4.39 Å². The topological polar surface area (TPSA) is 75.7 Å². The summed E-state index contributed by atoms with van der Waals surface area (Å²) in [5, 5.41) is 0. The Balaban J connectivity index is 1.63. The molecule has 2 heterocycles. The third-order valence-electron chi connectivity index (χ3n) is 4.38. The molecule has 0 spiro atoms. The summed E-state index contributed by atoms with van der Waals surface area (Å²) >= 11 is 0. The molecule has 25 heavy (non-hydrogen) atoms. The van der Waals surface area contributed by atoms with E-state index in [1.807, 2.05) is 0 Å². The van der Waals surface area contributed by atoms with Gasteiger partial charge >= 0.3 is 0 Å². The Morgan fingerprint density at radius 3 is 2.64 bits per heavy atom. The van der Waals surface area contributed by atoms with Gasteiger partial charge in [0.25, 0.3) is 5.91 Å². The number of benzene rings is 2. The van der Waals surface area contributed by atoms with E-state index in [0.717, 1.165) is 0 Å². The molecule has 1 amide bonds. The molecule has 2 aliphatic heterocycles. The number of halogens is 1. The van der Waals surface area contributed by atoms with Crippen molar-refractivity contribution in [1.29, 1.82) is 0 Å². The molecule has 0 saturated carbocycles. The molecule has 4 rings (SSSR count). The van der Waals surface area contributed by atoms with Crippen molar-refractivity contribution in [1.82, 2.24) is 9.62 Å². The second-order valence-corrected chi connectivity index (χ2v) is 7.70. The number of ether oxygens (including phenoxy) is 1. The van der Waals surface area contributed by atoms with Crippen molar-refractivity contribution in [3.63, 3.8) is 0 Å². The maximum atomic E-state index is 13.9. The van der Waals surface area contributed by atoms with E-state index in [0.29, 0.717) is 0 Å². The molecule has 0 aromatic heterocycles. The fourth-order valence-corrected chi connectivity index (χ4v) is 4.56. The van der Waals surface area contributed by atoms with E-state index in [1.165, 1.54) is 29.2 Å². The van der Waals surface area contributed by atoms with Crippen molar-refractivity contribution in [2.24, 2.45) is 0 Å². The normalized spacial score (nSPS) is 24.0. The number of para-hydroxylation sites is 1. The van der Waals surface area contributed by atoms with Gasteiger partial charge in [0.05, 0.1) is 18.2 Å². The van der Waals surface area contributed by atoms with Crippen LogP contribution in [0.5, 0.6) is 5.75 Å². The van der Waals surface area contributed by atoms with E-state index >= 15 is 0 Å². The van der Waals surface area contributed by atoms with Gasteiger partial charge in [0.15, 0.2) is 0 Å². The van der Waals surface area contributed by atoms with Crippen LogP contribution in [0.3, 0.4) is 0 Å². The molecule has 1 N–H and O–H groups in total. The van der Waals surface area contributed by atoms with Crippen LogP contribution < -0.4 is 9.46 Å². The Morgan fingerprint density at radius 2 is 1.84 bits per heavy atom. The lowest BCUT2D eigenvalue weighted by Gasteiger charge is -2.17. The van der Waals surface area contributed by atoms with Crippen LogP contribution in [0.1, 0.15) is 10.4 Å². The van der Waals surface area contributed by atoms with Gasteiger partial charge in [-0.1, -0.05) is 24.3 Å². The Bertz CT molecular complexity index is 947. The highest BCUT2D eigenvalue weighted by molar-refractivity contribution is 7.89. The number of carbonyl (C=O) groups excluding carboxylic acids is 1. The zero-order chi connectivity index (χ0) is 17.6. The van der Waals surface area contributed by atoms with E-state index in [9.17, 15) is 17.6 Å². The van der Waals surface area contributed by atoms with E-state index in [-0.39, 0.29) is 29.3 Å². The van der Waals surface area contributed by atoms with E-state index in [4.69, 9.17) is 4.74 Å². The summed E-state index contributed by atoms with van der Waals surface area (Å²) in [6.45, 7) is 0.291. The zero-order valence-corrected chi connectivity index (χ0v) is 13.9. The quantitative estimate of drug-likeness (QED) is 0.832. The standard InChI is InChI=1S/C17H15FN2O4S/c18-12-6-2-1-5-11(12)17(21)20-9-13-15(10-20)24-14-7-3-4-8-16(14)25(22,23)19-13/h1-8,13,15,19H,9-10H2/t13-,15+/m1/s1. The Hall–Kier alpha value is -2.45. The number of fused-ring (bicyclic) bond motifs is 2. The van der Waals surface area contributed by atoms with Crippen molar-refractivity contribution in [2.45, 2.75) is 17.0 Å². The first-order valence-electron chi connectivity index (χ1n) is 7.77. The average molecular weight is 362 g/mol. The fourth-order valence-electron chi connectivity index (χ4n) is 3.17. The summed E-state index contributed by atoms with van der Waals surface area (Å²) in [4.78, 5) is 14.0. The summed E-state index contributed by atoms with van der Waals surface area (Å²) in [5.74, 6) is -0.837. The third-order valence-corrected chi connectivity index (χ3v) is 5.91. The molecule has 2 atom stereocenters. The monoisotopic (exact) mass is 362 g/mol. The van der Waals surface area contributed by atoms with Crippen LogP contribution in [0.15, 0.2) is 53.4 Å². The SMILES string of the molecule is O=C(c1ccccc1F)N1C[C@@H]2Oc3ccccc3S(=O)(=O)N[C@@H]2C1. The summed E-state index contributed by atoms with van der Waals surface area (Å²) < 4.78 is 47.2. The Labute approximate surface area is 144 Å². The molecule has 0 radical (unpaired) electrons. The minimum atomic E-state index is -3.74. The summed E-state index contributed by atoms with van der Waals surface area (Å²) in [5.41, 5.74) is -0.0396. The van der Waals surface area contributed by atoms with Crippen LogP contribution in [0.25, 0.3) is 0 Å². The zero-order valence-electron chi connectivity index (χ0n) is 13.1. The number of sulfonamides is 1. The van der Waals surface area contributed by atoms with E-state index in [2.05, 4.69) is 4.72 Å². The van der Waals surface area contributed by atoms with Crippen molar-refractivity contribution < 1.29 is 22.3 Å². The minimum absolute atomic E-state index is 0.0396. The van der Waals surface area contributed by atoms with Crippen molar-refractivity contribution in [3.05, 3.63) is 59.9 Å². The van der Waals surface area contributed by atoms with Gasteiger partial charge in [-0.3, -0.25) is 4.79 Å². The van der Waals surface area contributed by atoms with Crippen LogP contribution >= 0.6 is 0 Å². The van der Waals surface area contributed by atoms with Gasteiger partial charge in [-0.2, -0.15) is 0 Å². The van der Waals surface area contributed by atoms with Crippen LogP contribution in [-0.2, 0) is 10.0 Å². The number of nitrogens with zero attached hydrogens (tertiary/aromatic N) is 1. The number of rotatable bonds is 1. The molecule has 130 valence electrons. The molecular weight excluding hydrogens is 347 g/mol. The molecule has 6 nitrogen and oxygen atoms in total. The van der Waals surface area contributed by atoms with Gasteiger partial charge in [0.1, 0.15) is 22.6 Å². The Kier molecular flexibility index (Phi) is 3.73. The first kappa shape index (κ1) is 16.0. The molecule has 1 saturated heterocycles. The third kappa shape index (κ3) is 2.77. The number of hydrogen-bond donors (Lipinski definition) is 1. The fraction of sp³-hybridized carbons (Fsp3) is 0.235. The van der Waals surface area contributed by atoms with Gasteiger partial charge in [-0.15, -0.1) is 0 Å². The summed E-state index contributed by atoms with van der Waals surface area (Å²) in [6.07, 6.45) is -0.533. The molecule has 0 unspecified atom stereocenters. The van der Waals surface area contributed by atoms with Crippen molar-refractivity contribution in [3.8, 4) is 5.75 Å². The largest absolute Gasteiger partial charge is 0.485 e. The van der Waals surface area contributed by atoms with E-state index in [1.54, 1.807) is 24.3 Å². The van der Waals surface area contributed by atoms with Gasteiger partial charge in [0, 0.05) is 6.54 Å². The summed E-state index contributed by atoms with van der Waals surface area (Å²) in [6, 6.07) is 11.5. The predicted octanol–water partition coefficient (Wildman–Crippen LogP) is 1.39. The molecular formula is C17H15FN2O4S. The smallest absolute Gasteiger partial charge is 0.257 e. The lowest BCUT2D eigenvalue weighted by molar-refractivity contribution is 0.0767. The molecule has 2 aromatic rings. The second-order valence-electron chi connectivity index (χ2n) is 6.02. The number of hydrogen-bond acceptors (Lipinski definition) is 4. The van der Waals surface area contributed by atoms with Crippen LogP contribution in [-0.4, -0.2) is 44.5 Å². The number of likely N-dealkylation sites (tertiary alicyclic amines) is 1. The molecule has 0 aliphatic carbocycles. The van der Waals surface area contributed by atoms with E-state index < -0.39 is 33.9 Å². The maximum absolute atomic E-state index is 13.9. The maximum Gasteiger partial charge on any atom is 0.257 e. The van der Waals surface area contributed by atoms with Gasteiger partial charge in [-0.25, -0.2) is 17.5 Å². The molecule has 2 aromatic carbocycles. The lowest BCUT2D eigenvalue weighted by atomic mass is 10.2. The molecule has 8 heteroatoms. The van der Waals surface area contributed by atoms with Crippen LogP contribution in [0.2, 0.25) is 0 Å². The van der Waals surface area contributed by atoms with Gasteiger partial charge in [-0.05, 0) is 24.3 Å². The first-order valence-corrected chi connectivity index (χ1v) is 9.26. The average Bonchev–Trinajstić information content (AvgIpc) is 2.92. The Morgan fingerprint density at radius 1 is 1.12 bits per heavy atom. The second kappa shape index (κ2) is 5.82. The van der Waals surface area contributed by atoms with Gasteiger partial charge < -0.3 is 9.64 Å². The minimum Gasteiger partial charge on any atom is -0.485 e. The van der Waals surface area contributed by atoms with Crippen molar-refractivity contribution in [2.75, 3.05) is 13.1 Å². The van der Waals surface area contributed by atoms with Crippen molar-refractivity contribution >= 4 is 15.9 Å². The number of amides is 1. The predicted molar refractivity (Wildman–Crippen MR) is 87.3 cm³/mol. The highest BCUT2D eigenvalue weighted by Crippen LogP contribution is 2.31. The van der Waals surface area contributed by atoms with Crippen LogP contribution in [0, 0.1) is 5.82 Å². The molecule has 2 aliphatic rings. The number of nitrogens with one attached hydrogen (secondary N) is 1. The molecule has 1 fully saturated rings. The molecule has 0 bridgehead atoms. The lowest BCUT2D eigenvalue weighted by Crippen LogP contribution is -2.42. The highest BCUT2D eigenvalue weighted by Gasteiger charge is 2.43. The summed E-state index contributed by atoms with van der Waals surface area (Å²) in [7, 11) is -3.74. The highest BCUT2D eigenvalue weighted by atomic mass is 32.2. The first-order chi connectivity index (χ1) is 12.0.